The molecule has 4 heteroatoms. The van der Waals surface area contributed by atoms with Gasteiger partial charge in [-0.25, -0.2) is 4.39 Å². The van der Waals surface area contributed by atoms with E-state index in [1.807, 2.05) is 13.8 Å². The Morgan fingerprint density at radius 2 is 2.00 bits per heavy atom. The van der Waals surface area contributed by atoms with Gasteiger partial charge in [0.1, 0.15) is 11.9 Å². The third kappa shape index (κ3) is 3.74. The molecule has 0 amide bonds. The van der Waals surface area contributed by atoms with E-state index in [2.05, 4.69) is 4.99 Å². The summed E-state index contributed by atoms with van der Waals surface area (Å²) < 4.78 is 13.1. The normalized spacial score (nSPS) is 12.5. The fourth-order valence-electron chi connectivity index (χ4n) is 2.00. The van der Waals surface area contributed by atoms with Crippen molar-refractivity contribution in [2.45, 2.75) is 33.7 Å². The monoisotopic (exact) mass is 281 g/mol. The van der Waals surface area contributed by atoms with Crippen LogP contribution in [0.3, 0.4) is 0 Å². The number of allylic oxidation sites excluding steroid dienone is 1. The van der Waals surface area contributed by atoms with Crippen molar-refractivity contribution in [1.29, 1.82) is 0 Å². The molecule has 0 spiro atoms. The molecule has 102 valence electrons. The second-order valence-electron chi connectivity index (χ2n) is 4.45. The lowest BCUT2D eigenvalue weighted by molar-refractivity contribution is -0.113. The van der Waals surface area contributed by atoms with Crippen LogP contribution >= 0.6 is 11.6 Å². The van der Waals surface area contributed by atoms with Crippen LogP contribution in [0, 0.1) is 5.82 Å². The molecule has 0 N–H and O–H groups in total. The quantitative estimate of drug-likeness (QED) is 0.589. The number of carbonyl (C=O) groups is 1. The molecule has 2 nitrogen and oxygen atoms in total. The average molecular weight is 282 g/mol. The second kappa shape index (κ2) is 6.62. The molecule has 0 aromatic heterocycles. The Morgan fingerprint density at radius 1 is 1.37 bits per heavy atom. The van der Waals surface area contributed by atoms with E-state index < -0.39 is 11.9 Å². The molecular weight excluding hydrogens is 265 g/mol. The summed E-state index contributed by atoms with van der Waals surface area (Å²) in [5.41, 5.74) is 2.10. The Labute approximate surface area is 118 Å². The average Bonchev–Trinajstić information content (AvgIpc) is 2.27. The Bertz CT molecular complexity index is 545. The standard InChI is InChI=1S/C15H17ClFNO/c1-5-18-15(14(9(2)3)10(4)19)12-7-6-11(17)8-13(12)16/h5-8,15H,1-4H3/b18-5-. The zero-order chi connectivity index (χ0) is 14.6. The largest absolute Gasteiger partial charge is 0.295 e. The Morgan fingerprint density at radius 3 is 2.42 bits per heavy atom. The lowest BCUT2D eigenvalue weighted by atomic mass is 9.93. The summed E-state index contributed by atoms with van der Waals surface area (Å²) in [6.07, 6.45) is 1.62. The highest BCUT2D eigenvalue weighted by molar-refractivity contribution is 6.31. The zero-order valence-electron chi connectivity index (χ0n) is 11.5. The predicted octanol–water partition coefficient (Wildman–Crippen LogP) is 4.54. The Hall–Kier alpha value is -1.48. The summed E-state index contributed by atoms with van der Waals surface area (Å²) in [5.74, 6) is -0.467. The van der Waals surface area contributed by atoms with Gasteiger partial charge in [-0.3, -0.25) is 9.79 Å². The van der Waals surface area contributed by atoms with Gasteiger partial charge in [0.15, 0.2) is 5.78 Å². The smallest absolute Gasteiger partial charge is 0.158 e. The molecule has 0 saturated carbocycles. The predicted molar refractivity (Wildman–Crippen MR) is 77.4 cm³/mol. The zero-order valence-corrected chi connectivity index (χ0v) is 12.3. The SMILES string of the molecule is C/C=N\C(C(C(C)=O)=C(C)C)c1ccc(F)cc1Cl. The third-order valence-corrected chi connectivity index (χ3v) is 3.07. The van der Waals surface area contributed by atoms with Crippen LogP contribution in [0.5, 0.6) is 0 Å². The van der Waals surface area contributed by atoms with Crippen molar-refractivity contribution in [3.8, 4) is 0 Å². The van der Waals surface area contributed by atoms with Crippen LogP contribution in [-0.4, -0.2) is 12.0 Å². The maximum absolute atomic E-state index is 13.1. The van der Waals surface area contributed by atoms with Crippen molar-refractivity contribution in [1.82, 2.24) is 0 Å². The molecule has 0 radical (unpaired) electrons. The number of benzene rings is 1. The van der Waals surface area contributed by atoms with Gasteiger partial charge >= 0.3 is 0 Å². The summed E-state index contributed by atoms with van der Waals surface area (Å²) in [6, 6.07) is 3.64. The first-order valence-corrected chi connectivity index (χ1v) is 6.37. The van der Waals surface area contributed by atoms with Crippen LogP contribution in [0.2, 0.25) is 5.02 Å². The van der Waals surface area contributed by atoms with Gasteiger partial charge < -0.3 is 0 Å². The van der Waals surface area contributed by atoms with Gasteiger partial charge in [-0.2, -0.15) is 0 Å². The van der Waals surface area contributed by atoms with Gasteiger partial charge in [-0.05, 0) is 51.6 Å². The maximum atomic E-state index is 13.1. The summed E-state index contributed by atoms with van der Waals surface area (Å²) >= 11 is 6.07. The molecule has 0 aliphatic carbocycles. The van der Waals surface area contributed by atoms with Crippen molar-refractivity contribution in [3.63, 3.8) is 0 Å². The van der Waals surface area contributed by atoms with Crippen LogP contribution in [-0.2, 0) is 4.79 Å². The molecule has 0 bridgehead atoms. The molecule has 0 aliphatic rings. The highest BCUT2D eigenvalue weighted by atomic mass is 35.5. The van der Waals surface area contributed by atoms with Crippen LogP contribution < -0.4 is 0 Å². The molecule has 0 fully saturated rings. The van der Waals surface area contributed by atoms with Crippen LogP contribution in [0.1, 0.15) is 39.3 Å². The molecule has 0 saturated heterocycles. The molecule has 0 heterocycles. The van der Waals surface area contributed by atoms with E-state index in [1.165, 1.54) is 19.1 Å². The lowest BCUT2D eigenvalue weighted by Gasteiger charge is -2.18. The number of ketones is 1. The minimum Gasteiger partial charge on any atom is -0.295 e. The van der Waals surface area contributed by atoms with E-state index in [-0.39, 0.29) is 10.8 Å². The van der Waals surface area contributed by atoms with Crippen molar-refractivity contribution >= 4 is 23.6 Å². The number of Topliss-reactive ketones (excluding diaryl/α,β-unsaturated/α-hetero) is 1. The molecule has 1 rings (SSSR count). The van der Waals surface area contributed by atoms with Crippen LogP contribution in [0.15, 0.2) is 34.3 Å². The minimum atomic E-state index is -0.486. The fourth-order valence-corrected chi connectivity index (χ4v) is 2.27. The molecular formula is C15H17ClFNO. The number of hydrogen-bond acceptors (Lipinski definition) is 2. The van der Waals surface area contributed by atoms with Gasteiger partial charge in [-0.1, -0.05) is 23.2 Å². The molecule has 1 aromatic rings. The molecule has 1 unspecified atom stereocenters. The van der Waals surface area contributed by atoms with Gasteiger partial charge in [-0.15, -0.1) is 0 Å². The van der Waals surface area contributed by atoms with E-state index in [9.17, 15) is 9.18 Å². The van der Waals surface area contributed by atoms with E-state index in [4.69, 9.17) is 11.6 Å². The third-order valence-electron chi connectivity index (χ3n) is 2.75. The first-order chi connectivity index (χ1) is 8.88. The van der Waals surface area contributed by atoms with E-state index >= 15 is 0 Å². The number of nitrogens with zero attached hydrogens (tertiary/aromatic N) is 1. The van der Waals surface area contributed by atoms with E-state index in [1.54, 1.807) is 19.2 Å². The van der Waals surface area contributed by atoms with Crippen molar-refractivity contribution < 1.29 is 9.18 Å². The molecule has 1 aromatic carbocycles. The second-order valence-corrected chi connectivity index (χ2v) is 4.85. The number of hydrogen-bond donors (Lipinski definition) is 0. The lowest BCUT2D eigenvalue weighted by Crippen LogP contribution is -2.10. The number of carbonyl (C=O) groups excluding carboxylic acids is 1. The number of aliphatic imine (C=N–C) groups is 1. The van der Waals surface area contributed by atoms with E-state index in [0.717, 1.165) is 5.57 Å². The first-order valence-electron chi connectivity index (χ1n) is 5.99. The maximum Gasteiger partial charge on any atom is 0.158 e. The summed E-state index contributed by atoms with van der Waals surface area (Å²) in [7, 11) is 0. The molecule has 19 heavy (non-hydrogen) atoms. The van der Waals surface area contributed by atoms with Gasteiger partial charge in [0.2, 0.25) is 0 Å². The van der Waals surface area contributed by atoms with Crippen molar-refractivity contribution in [2.24, 2.45) is 4.99 Å². The number of halogens is 2. The molecule has 1 atom stereocenters. The van der Waals surface area contributed by atoms with Crippen molar-refractivity contribution in [3.05, 3.63) is 45.7 Å². The van der Waals surface area contributed by atoms with E-state index in [0.29, 0.717) is 11.1 Å². The van der Waals surface area contributed by atoms with Crippen LogP contribution in [0.4, 0.5) is 4.39 Å². The van der Waals surface area contributed by atoms with Crippen molar-refractivity contribution in [2.75, 3.05) is 0 Å². The summed E-state index contributed by atoms with van der Waals surface area (Å²) in [6.45, 7) is 6.98. The first kappa shape index (κ1) is 15.6. The number of rotatable bonds is 4. The fraction of sp³-hybridized carbons (Fsp3) is 0.333. The van der Waals surface area contributed by atoms with Crippen LogP contribution in [0.25, 0.3) is 0 Å². The van der Waals surface area contributed by atoms with Gasteiger partial charge in [0.25, 0.3) is 0 Å². The minimum absolute atomic E-state index is 0.0593. The summed E-state index contributed by atoms with van der Waals surface area (Å²) in [4.78, 5) is 16.1. The Balaban J connectivity index is 3.44. The highest BCUT2D eigenvalue weighted by Gasteiger charge is 2.22. The molecule has 0 aliphatic heterocycles. The highest BCUT2D eigenvalue weighted by Crippen LogP contribution is 2.33. The Kier molecular flexibility index (Phi) is 5.43. The van der Waals surface area contributed by atoms with Gasteiger partial charge in [0.05, 0.1) is 0 Å². The summed E-state index contributed by atoms with van der Waals surface area (Å²) in [5, 5.41) is 0.274. The topological polar surface area (TPSA) is 29.4 Å². The van der Waals surface area contributed by atoms with Gasteiger partial charge in [0, 0.05) is 10.6 Å².